The van der Waals surface area contributed by atoms with Crippen LogP contribution in [0.5, 0.6) is 0 Å². The largest absolute Gasteiger partial charge is 0.381 e. The summed E-state index contributed by atoms with van der Waals surface area (Å²) >= 11 is 2.10. The quantitative estimate of drug-likeness (QED) is 0.671. The highest BCUT2D eigenvalue weighted by Crippen LogP contribution is 2.16. The summed E-state index contributed by atoms with van der Waals surface area (Å²) in [6.07, 6.45) is 2.65. The van der Waals surface area contributed by atoms with E-state index in [0.717, 1.165) is 19.1 Å². The maximum Gasteiger partial charge on any atom is 0.0507 e. The van der Waals surface area contributed by atoms with Gasteiger partial charge in [0.2, 0.25) is 0 Å². The molecule has 0 aromatic heterocycles. The van der Waals surface area contributed by atoms with Crippen LogP contribution >= 0.6 is 11.8 Å². The fraction of sp³-hybridized carbons (Fsp3) is 1.00. The molecular weight excluding hydrogens is 182 g/mol. The normalized spacial score (nSPS) is 31.8. The zero-order valence-electron chi connectivity index (χ0n) is 8.21. The SMILES string of the molecule is C1CSCCN(C[C@H]2CCOC2)C1. The van der Waals surface area contributed by atoms with E-state index < -0.39 is 0 Å². The molecule has 2 aliphatic heterocycles. The Hall–Kier alpha value is 0.270. The molecule has 2 heterocycles. The van der Waals surface area contributed by atoms with Crippen molar-refractivity contribution in [3.8, 4) is 0 Å². The maximum atomic E-state index is 5.40. The lowest BCUT2D eigenvalue weighted by Gasteiger charge is -2.22. The third-order valence-corrected chi connectivity index (χ3v) is 3.90. The van der Waals surface area contributed by atoms with Crippen molar-refractivity contribution in [1.82, 2.24) is 4.90 Å². The standard InChI is InChI=1S/C10H19NOS/c1-3-11(4-7-13-6-1)8-10-2-5-12-9-10/h10H,1-9H2/t10-/m1/s1. The van der Waals surface area contributed by atoms with Gasteiger partial charge in [0.15, 0.2) is 0 Å². The molecule has 2 nitrogen and oxygen atoms in total. The molecule has 76 valence electrons. The molecule has 0 N–H and O–H groups in total. The van der Waals surface area contributed by atoms with E-state index in [1.54, 1.807) is 0 Å². The molecule has 2 rings (SSSR count). The highest BCUT2D eigenvalue weighted by atomic mass is 32.2. The predicted octanol–water partition coefficient (Wildman–Crippen LogP) is 1.46. The summed E-state index contributed by atoms with van der Waals surface area (Å²) in [6, 6.07) is 0. The van der Waals surface area contributed by atoms with Crippen molar-refractivity contribution in [2.75, 3.05) is 44.4 Å². The van der Waals surface area contributed by atoms with Gasteiger partial charge in [0.05, 0.1) is 6.61 Å². The van der Waals surface area contributed by atoms with E-state index in [0.29, 0.717) is 0 Å². The maximum absolute atomic E-state index is 5.40. The van der Waals surface area contributed by atoms with Crippen molar-refractivity contribution < 1.29 is 4.74 Å². The number of ether oxygens (including phenoxy) is 1. The topological polar surface area (TPSA) is 12.5 Å². The van der Waals surface area contributed by atoms with Gasteiger partial charge >= 0.3 is 0 Å². The third kappa shape index (κ3) is 3.15. The molecule has 0 bridgehead atoms. The van der Waals surface area contributed by atoms with Gasteiger partial charge in [-0.25, -0.2) is 0 Å². The fourth-order valence-corrected chi connectivity index (χ4v) is 3.00. The van der Waals surface area contributed by atoms with E-state index in [-0.39, 0.29) is 0 Å². The number of hydrogen-bond donors (Lipinski definition) is 0. The first-order valence-corrected chi connectivity index (χ1v) is 6.48. The number of thioether (sulfide) groups is 1. The first-order chi connectivity index (χ1) is 6.45. The molecule has 2 aliphatic rings. The molecule has 3 heteroatoms. The van der Waals surface area contributed by atoms with Gasteiger partial charge in [-0.2, -0.15) is 11.8 Å². The van der Waals surface area contributed by atoms with Gasteiger partial charge in [-0.1, -0.05) is 0 Å². The molecule has 0 aromatic carbocycles. The highest BCUT2D eigenvalue weighted by Gasteiger charge is 2.19. The average Bonchev–Trinajstić information content (AvgIpc) is 2.49. The van der Waals surface area contributed by atoms with Crippen molar-refractivity contribution in [2.24, 2.45) is 5.92 Å². The molecule has 2 saturated heterocycles. The smallest absolute Gasteiger partial charge is 0.0507 e. The molecule has 0 radical (unpaired) electrons. The Morgan fingerprint density at radius 2 is 2.31 bits per heavy atom. The molecule has 0 saturated carbocycles. The van der Waals surface area contributed by atoms with Crippen LogP contribution in [0.3, 0.4) is 0 Å². The Kier molecular flexibility index (Phi) is 3.94. The van der Waals surface area contributed by atoms with Crippen molar-refractivity contribution in [1.29, 1.82) is 0 Å². The van der Waals surface area contributed by atoms with Crippen LogP contribution in [0.25, 0.3) is 0 Å². The molecule has 0 amide bonds. The minimum absolute atomic E-state index is 0.822. The van der Waals surface area contributed by atoms with Crippen LogP contribution in [0.4, 0.5) is 0 Å². The molecule has 1 atom stereocenters. The third-order valence-electron chi connectivity index (χ3n) is 2.86. The van der Waals surface area contributed by atoms with Gasteiger partial charge in [-0.15, -0.1) is 0 Å². The fourth-order valence-electron chi connectivity index (χ4n) is 2.07. The Morgan fingerprint density at radius 3 is 3.15 bits per heavy atom. The van der Waals surface area contributed by atoms with Crippen molar-refractivity contribution in [3.63, 3.8) is 0 Å². The van der Waals surface area contributed by atoms with Crippen LogP contribution < -0.4 is 0 Å². The molecular formula is C10H19NOS. The molecule has 0 aliphatic carbocycles. The molecule has 13 heavy (non-hydrogen) atoms. The van der Waals surface area contributed by atoms with Crippen molar-refractivity contribution in [2.45, 2.75) is 12.8 Å². The predicted molar refractivity (Wildman–Crippen MR) is 57.3 cm³/mol. The summed E-state index contributed by atoms with van der Waals surface area (Å²) in [5.41, 5.74) is 0. The van der Waals surface area contributed by atoms with Crippen molar-refractivity contribution >= 4 is 11.8 Å². The minimum atomic E-state index is 0.822. The number of hydrogen-bond acceptors (Lipinski definition) is 3. The van der Waals surface area contributed by atoms with Crippen LogP contribution in [-0.2, 0) is 4.74 Å². The Labute approximate surface area is 85.0 Å². The Balaban J connectivity index is 1.71. The summed E-state index contributed by atoms with van der Waals surface area (Å²) in [5, 5.41) is 0. The van der Waals surface area contributed by atoms with Crippen LogP contribution in [0.15, 0.2) is 0 Å². The summed E-state index contributed by atoms with van der Waals surface area (Å²) in [5.74, 6) is 3.51. The van der Waals surface area contributed by atoms with E-state index in [1.807, 2.05) is 0 Å². The molecule has 0 aromatic rings. The van der Waals surface area contributed by atoms with Gasteiger partial charge in [-0.05, 0) is 31.1 Å². The molecule has 2 fully saturated rings. The molecule has 0 spiro atoms. The lowest BCUT2D eigenvalue weighted by Crippen LogP contribution is -2.31. The first kappa shape index (κ1) is 9.81. The summed E-state index contributed by atoms with van der Waals surface area (Å²) in [4.78, 5) is 2.62. The second kappa shape index (κ2) is 5.23. The van der Waals surface area contributed by atoms with Crippen LogP contribution in [0.2, 0.25) is 0 Å². The lowest BCUT2D eigenvalue weighted by atomic mass is 10.1. The number of nitrogens with zero attached hydrogens (tertiary/aromatic N) is 1. The Morgan fingerprint density at radius 1 is 1.31 bits per heavy atom. The highest BCUT2D eigenvalue weighted by molar-refractivity contribution is 7.99. The van der Waals surface area contributed by atoms with E-state index in [2.05, 4.69) is 16.7 Å². The minimum Gasteiger partial charge on any atom is -0.381 e. The number of rotatable bonds is 2. The zero-order valence-corrected chi connectivity index (χ0v) is 9.02. The van der Waals surface area contributed by atoms with Gasteiger partial charge < -0.3 is 9.64 Å². The monoisotopic (exact) mass is 201 g/mol. The van der Waals surface area contributed by atoms with Crippen LogP contribution in [0, 0.1) is 5.92 Å². The summed E-state index contributed by atoms with van der Waals surface area (Å²) in [7, 11) is 0. The lowest BCUT2D eigenvalue weighted by molar-refractivity contribution is 0.169. The summed E-state index contributed by atoms with van der Waals surface area (Å²) in [6.45, 7) is 5.88. The van der Waals surface area contributed by atoms with Gasteiger partial charge in [-0.3, -0.25) is 0 Å². The molecule has 0 unspecified atom stereocenters. The van der Waals surface area contributed by atoms with E-state index >= 15 is 0 Å². The zero-order chi connectivity index (χ0) is 8.93. The van der Waals surface area contributed by atoms with Gasteiger partial charge in [0.25, 0.3) is 0 Å². The van der Waals surface area contributed by atoms with Crippen LogP contribution in [0.1, 0.15) is 12.8 Å². The average molecular weight is 201 g/mol. The van der Waals surface area contributed by atoms with Gasteiger partial charge in [0.1, 0.15) is 0 Å². The van der Waals surface area contributed by atoms with Crippen molar-refractivity contribution in [3.05, 3.63) is 0 Å². The van der Waals surface area contributed by atoms with Crippen LogP contribution in [-0.4, -0.2) is 49.3 Å². The first-order valence-electron chi connectivity index (χ1n) is 5.33. The summed E-state index contributed by atoms with van der Waals surface area (Å²) < 4.78 is 5.40. The van der Waals surface area contributed by atoms with Gasteiger partial charge in [0, 0.05) is 25.4 Å². The Bertz CT molecular complexity index is 140. The van der Waals surface area contributed by atoms with E-state index in [4.69, 9.17) is 4.74 Å². The second-order valence-electron chi connectivity index (χ2n) is 4.00. The van der Waals surface area contributed by atoms with E-state index in [9.17, 15) is 0 Å². The second-order valence-corrected chi connectivity index (χ2v) is 5.22. The van der Waals surface area contributed by atoms with E-state index in [1.165, 1.54) is 44.0 Å².